The van der Waals surface area contributed by atoms with Crippen LogP contribution in [0.15, 0.2) is 36.7 Å². The van der Waals surface area contributed by atoms with Crippen molar-refractivity contribution in [2.75, 3.05) is 13.1 Å². The van der Waals surface area contributed by atoms with E-state index in [9.17, 15) is 4.79 Å². The molecule has 106 valence electrons. The van der Waals surface area contributed by atoms with Crippen LogP contribution in [0.4, 0.5) is 0 Å². The predicted octanol–water partition coefficient (Wildman–Crippen LogP) is 2.78. The van der Waals surface area contributed by atoms with Crippen molar-refractivity contribution < 1.29 is 9.90 Å². The van der Waals surface area contributed by atoms with Gasteiger partial charge in [-0.15, -0.1) is 0 Å². The molecular formula is C16H20N2O2. The molecule has 4 heteroatoms. The first-order valence-corrected chi connectivity index (χ1v) is 6.82. The van der Waals surface area contributed by atoms with Crippen molar-refractivity contribution in [3.8, 4) is 0 Å². The molecule has 0 amide bonds. The molecule has 20 heavy (non-hydrogen) atoms. The Bertz CT molecular complexity index is 591. The lowest BCUT2D eigenvalue weighted by molar-refractivity contribution is -0.138. The number of carboxylic acids is 1. The average molecular weight is 272 g/mol. The van der Waals surface area contributed by atoms with E-state index in [4.69, 9.17) is 5.11 Å². The molecule has 0 saturated heterocycles. The second kappa shape index (κ2) is 6.48. The minimum Gasteiger partial charge on any atom is -0.480 e. The molecule has 2 aromatic rings. The van der Waals surface area contributed by atoms with Crippen LogP contribution in [0.25, 0.3) is 10.8 Å². The Labute approximate surface area is 119 Å². The van der Waals surface area contributed by atoms with Gasteiger partial charge in [-0.25, -0.2) is 0 Å². The standard InChI is InChI=1S/C16H20N2O2/c1-12(2)9-18(11-16(19)20)10-14-8-17-7-13-5-3-4-6-15(13)14/h3-8,12H,9-11H2,1-2H3,(H,19,20). The molecule has 1 heterocycles. The molecule has 0 aliphatic heterocycles. The van der Waals surface area contributed by atoms with Gasteiger partial charge in [-0.1, -0.05) is 38.1 Å². The molecule has 4 nitrogen and oxygen atoms in total. The van der Waals surface area contributed by atoms with Crippen molar-refractivity contribution in [3.63, 3.8) is 0 Å². The molecule has 0 aliphatic carbocycles. The highest BCUT2D eigenvalue weighted by molar-refractivity contribution is 5.84. The topological polar surface area (TPSA) is 53.4 Å². The lowest BCUT2D eigenvalue weighted by atomic mass is 10.1. The fourth-order valence-corrected chi connectivity index (χ4v) is 2.44. The lowest BCUT2D eigenvalue weighted by Gasteiger charge is -2.22. The van der Waals surface area contributed by atoms with Crippen molar-refractivity contribution in [2.24, 2.45) is 5.92 Å². The molecule has 1 aromatic carbocycles. The average Bonchev–Trinajstić information content (AvgIpc) is 2.37. The number of rotatable bonds is 6. The first-order chi connectivity index (χ1) is 9.56. The second-order valence-electron chi connectivity index (χ2n) is 5.48. The normalized spacial score (nSPS) is 11.4. The van der Waals surface area contributed by atoms with Crippen LogP contribution in [0.5, 0.6) is 0 Å². The quantitative estimate of drug-likeness (QED) is 0.878. The Kier molecular flexibility index (Phi) is 4.69. The third kappa shape index (κ3) is 3.78. The number of pyridine rings is 1. The van der Waals surface area contributed by atoms with Gasteiger partial charge >= 0.3 is 5.97 Å². The highest BCUT2D eigenvalue weighted by atomic mass is 16.4. The van der Waals surface area contributed by atoms with E-state index in [1.54, 1.807) is 0 Å². The molecule has 0 bridgehead atoms. The molecule has 0 saturated carbocycles. The Morgan fingerprint density at radius 3 is 2.75 bits per heavy atom. The number of hydrogen-bond donors (Lipinski definition) is 1. The van der Waals surface area contributed by atoms with Crippen LogP contribution in [0.3, 0.4) is 0 Å². The van der Waals surface area contributed by atoms with E-state index >= 15 is 0 Å². The van der Waals surface area contributed by atoms with Gasteiger partial charge in [-0.05, 0) is 16.9 Å². The summed E-state index contributed by atoms with van der Waals surface area (Å²) in [6.45, 7) is 5.61. The molecule has 0 unspecified atom stereocenters. The third-order valence-corrected chi connectivity index (χ3v) is 3.13. The fourth-order valence-electron chi connectivity index (χ4n) is 2.44. The Morgan fingerprint density at radius 2 is 2.05 bits per heavy atom. The second-order valence-corrected chi connectivity index (χ2v) is 5.48. The largest absolute Gasteiger partial charge is 0.480 e. The van der Waals surface area contributed by atoms with Gasteiger partial charge in [0.05, 0.1) is 6.54 Å². The number of nitrogens with zero attached hydrogens (tertiary/aromatic N) is 2. The predicted molar refractivity (Wildman–Crippen MR) is 79.5 cm³/mol. The number of aromatic nitrogens is 1. The van der Waals surface area contributed by atoms with E-state index in [1.165, 1.54) is 0 Å². The molecule has 0 spiro atoms. The molecule has 0 radical (unpaired) electrons. The summed E-state index contributed by atoms with van der Waals surface area (Å²) < 4.78 is 0. The summed E-state index contributed by atoms with van der Waals surface area (Å²) >= 11 is 0. The van der Waals surface area contributed by atoms with Crippen LogP contribution in [-0.2, 0) is 11.3 Å². The first kappa shape index (κ1) is 14.5. The van der Waals surface area contributed by atoms with Crippen molar-refractivity contribution in [2.45, 2.75) is 20.4 Å². The number of fused-ring (bicyclic) bond motifs is 1. The van der Waals surface area contributed by atoms with Gasteiger partial charge in [0.15, 0.2) is 0 Å². The smallest absolute Gasteiger partial charge is 0.317 e. The van der Waals surface area contributed by atoms with E-state index in [-0.39, 0.29) is 6.54 Å². The van der Waals surface area contributed by atoms with Gasteiger partial charge in [0.2, 0.25) is 0 Å². The summed E-state index contributed by atoms with van der Waals surface area (Å²) in [6.07, 6.45) is 3.67. The van der Waals surface area contributed by atoms with Crippen molar-refractivity contribution >= 4 is 16.7 Å². The van der Waals surface area contributed by atoms with Crippen molar-refractivity contribution in [1.82, 2.24) is 9.88 Å². The van der Waals surface area contributed by atoms with Crippen LogP contribution in [0.1, 0.15) is 19.4 Å². The Morgan fingerprint density at radius 1 is 1.30 bits per heavy atom. The maximum atomic E-state index is 11.0. The molecule has 0 fully saturated rings. The van der Waals surface area contributed by atoms with E-state index in [0.717, 1.165) is 22.9 Å². The van der Waals surface area contributed by atoms with Gasteiger partial charge in [-0.2, -0.15) is 0 Å². The summed E-state index contributed by atoms with van der Waals surface area (Å²) in [7, 11) is 0. The first-order valence-electron chi connectivity index (χ1n) is 6.82. The summed E-state index contributed by atoms with van der Waals surface area (Å²) in [6, 6.07) is 8.06. The summed E-state index contributed by atoms with van der Waals surface area (Å²) in [4.78, 5) is 17.2. The number of carboxylic acid groups (broad SMARTS) is 1. The van der Waals surface area contributed by atoms with E-state index in [0.29, 0.717) is 12.5 Å². The zero-order valence-electron chi connectivity index (χ0n) is 11.9. The molecule has 0 aliphatic rings. The minimum atomic E-state index is -0.793. The van der Waals surface area contributed by atoms with Gasteiger partial charge in [0.1, 0.15) is 0 Å². The minimum absolute atomic E-state index is 0.0569. The van der Waals surface area contributed by atoms with E-state index in [1.807, 2.05) is 35.5 Å². The van der Waals surface area contributed by atoms with E-state index in [2.05, 4.69) is 24.9 Å². The van der Waals surface area contributed by atoms with Crippen molar-refractivity contribution in [3.05, 3.63) is 42.2 Å². The Balaban J connectivity index is 2.25. The number of carbonyl (C=O) groups is 1. The van der Waals surface area contributed by atoms with Gasteiger partial charge in [0.25, 0.3) is 0 Å². The van der Waals surface area contributed by atoms with Crippen molar-refractivity contribution in [1.29, 1.82) is 0 Å². The maximum absolute atomic E-state index is 11.0. The van der Waals surface area contributed by atoms with E-state index < -0.39 is 5.97 Å². The van der Waals surface area contributed by atoms with Crippen LogP contribution >= 0.6 is 0 Å². The molecule has 1 N–H and O–H groups in total. The van der Waals surface area contributed by atoms with Crippen LogP contribution in [-0.4, -0.2) is 34.0 Å². The maximum Gasteiger partial charge on any atom is 0.317 e. The molecule has 1 aromatic heterocycles. The molecule has 2 rings (SSSR count). The molecular weight excluding hydrogens is 252 g/mol. The van der Waals surface area contributed by atoms with Gasteiger partial charge in [-0.3, -0.25) is 14.7 Å². The Hall–Kier alpha value is -1.94. The molecule has 0 atom stereocenters. The monoisotopic (exact) mass is 272 g/mol. The van der Waals surface area contributed by atoms with Crippen LogP contribution in [0, 0.1) is 5.92 Å². The summed E-state index contributed by atoms with van der Waals surface area (Å²) in [5, 5.41) is 11.3. The summed E-state index contributed by atoms with van der Waals surface area (Å²) in [5.74, 6) is -0.365. The zero-order chi connectivity index (χ0) is 14.5. The third-order valence-electron chi connectivity index (χ3n) is 3.13. The fraction of sp³-hybridized carbons (Fsp3) is 0.375. The van der Waals surface area contributed by atoms with Gasteiger partial charge in [0, 0.05) is 30.9 Å². The number of aliphatic carboxylic acids is 1. The van der Waals surface area contributed by atoms with Gasteiger partial charge < -0.3 is 5.11 Å². The zero-order valence-corrected chi connectivity index (χ0v) is 11.9. The highest BCUT2D eigenvalue weighted by Gasteiger charge is 2.13. The highest BCUT2D eigenvalue weighted by Crippen LogP contribution is 2.19. The van der Waals surface area contributed by atoms with Crippen LogP contribution < -0.4 is 0 Å². The number of hydrogen-bond acceptors (Lipinski definition) is 3. The summed E-state index contributed by atoms with van der Waals surface area (Å²) in [5.41, 5.74) is 1.07. The lowest BCUT2D eigenvalue weighted by Crippen LogP contribution is -2.32. The van der Waals surface area contributed by atoms with Crippen LogP contribution in [0.2, 0.25) is 0 Å². The SMILES string of the molecule is CC(C)CN(CC(=O)O)Cc1cncc2ccccc12. The number of benzene rings is 1.